The first-order chi connectivity index (χ1) is 9.70. The van der Waals surface area contributed by atoms with Gasteiger partial charge in [-0.25, -0.2) is 0 Å². The monoisotopic (exact) mass is 289 g/mol. The van der Waals surface area contributed by atoms with Crippen LogP contribution in [-0.2, 0) is 10.2 Å². The standard InChI is InChI=1S/C18H27NO2/c1-13(2)12-19-17(21)11-10-16(20)14-6-8-15(9-7-14)18(3,4)5/h6-9,13H,10-12H2,1-5H3,(H,19,21). The minimum atomic E-state index is -0.0524. The van der Waals surface area contributed by atoms with Gasteiger partial charge < -0.3 is 5.32 Å². The third-order valence-corrected chi connectivity index (χ3v) is 3.36. The Kier molecular flexibility index (Phi) is 6.13. The van der Waals surface area contributed by atoms with E-state index >= 15 is 0 Å². The number of benzene rings is 1. The average Bonchev–Trinajstić information content (AvgIpc) is 2.41. The van der Waals surface area contributed by atoms with E-state index in [1.165, 1.54) is 5.56 Å². The molecule has 0 atom stereocenters. The summed E-state index contributed by atoms with van der Waals surface area (Å²) in [6.45, 7) is 11.2. The topological polar surface area (TPSA) is 46.2 Å². The molecule has 0 radical (unpaired) electrons. The van der Waals surface area contributed by atoms with Gasteiger partial charge in [-0.1, -0.05) is 58.9 Å². The summed E-state index contributed by atoms with van der Waals surface area (Å²) >= 11 is 0. The molecule has 0 unspecified atom stereocenters. The third-order valence-electron chi connectivity index (χ3n) is 3.36. The molecule has 3 heteroatoms. The third kappa shape index (κ3) is 6.11. The van der Waals surface area contributed by atoms with Gasteiger partial charge in [0.15, 0.2) is 5.78 Å². The van der Waals surface area contributed by atoms with Crippen LogP contribution in [0.2, 0.25) is 0 Å². The SMILES string of the molecule is CC(C)CNC(=O)CCC(=O)c1ccc(C(C)(C)C)cc1. The Bertz CT molecular complexity index is 481. The van der Waals surface area contributed by atoms with E-state index in [1.54, 1.807) is 0 Å². The summed E-state index contributed by atoms with van der Waals surface area (Å²) in [5, 5.41) is 2.83. The molecule has 0 saturated heterocycles. The number of carbonyl (C=O) groups is 2. The molecular formula is C18H27NO2. The van der Waals surface area contributed by atoms with Gasteiger partial charge in [-0.05, 0) is 16.9 Å². The molecule has 0 fully saturated rings. The summed E-state index contributed by atoms with van der Waals surface area (Å²) in [6.07, 6.45) is 0.519. The Morgan fingerprint density at radius 1 is 1.05 bits per heavy atom. The zero-order valence-corrected chi connectivity index (χ0v) is 13.8. The van der Waals surface area contributed by atoms with E-state index in [1.807, 2.05) is 38.1 Å². The minimum absolute atomic E-state index is 0.0233. The summed E-state index contributed by atoms with van der Waals surface area (Å²) in [4.78, 5) is 23.7. The van der Waals surface area contributed by atoms with Gasteiger partial charge in [-0.2, -0.15) is 0 Å². The Morgan fingerprint density at radius 2 is 1.62 bits per heavy atom. The van der Waals surface area contributed by atoms with Crippen LogP contribution in [0.15, 0.2) is 24.3 Å². The largest absolute Gasteiger partial charge is 0.356 e. The lowest BCUT2D eigenvalue weighted by Crippen LogP contribution is -2.27. The Labute approximate surface area is 128 Å². The number of rotatable bonds is 6. The Hall–Kier alpha value is -1.64. The van der Waals surface area contributed by atoms with Crippen molar-refractivity contribution in [1.82, 2.24) is 5.32 Å². The predicted octanol–water partition coefficient (Wildman–Crippen LogP) is 3.72. The molecule has 0 spiro atoms. The fourth-order valence-corrected chi connectivity index (χ4v) is 1.93. The van der Waals surface area contributed by atoms with Gasteiger partial charge >= 0.3 is 0 Å². The summed E-state index contributed by atoms with van der Waals surface area (Å²) in [5.74, 6) is 0.396. The normalized spacial score (nSPS) is 11.5. The van der Waals surface area contributed by atoms with E-state index in [4.69, 9.17) is 0 Å². The van der Waals surface area contributed by atoms with Crippen molar-refractivity contribution in [2.75, 3.05) is 6.54 Å². The quantitative estimate of drug-likeness (QED) is 0.811. The van der Waals surface area contributed by atoms with Gasteiger partial charge in [0.2, 0.25) is 5.91 Å². The zero-order valence-electron chi connectivity index (χ0n) is 13.8. The number of carbonyl (C=O) groups excluding carboxylic acids is 2. The van der Waals surface area contributed by atoms with E-state index in [-0.39, 0.29) is 29.9 Å². The number of amides is 1. The van der Waals surface area contributed by atoms with E-state index in [9.17, 15) is 9.59 Å². The zero-order chi connectivity index (χ0) is 16.0. The first kappa shape index (κ1) is 17.4. The van der Waals surface area contributed by atoms with Gasteiger partial charge in [0.25, 0.3) is 0 Å². The Morgan fingerprint density at radius 3 is 2.10 bits per heavy atom. The first-order valence-electron chi connectivity index (χ1n) is 7.60. The molecule has 1 rings (SSSR count). The van der Waals surface area contributed by atoms with Crippen LogP contribution in [0.3, 0.4) is 0 Å². The molecule has 1 aromatic rings. The molecule has 0 bridgehead atoms. The van der Waals surface area contributed by atoms with Gasteiger partial charge in [-0.15, -0.1) is 0 Å². The van der Waals surface area contributed by atoms with Gasteiger partial charge in [0.1, 0.15) is 0 Å². The van der Waals surface area contributed by atoms with Crippen LogP contribution in [-0.4, -0.2) is 18.2 Å². The second kappa shape index (κ2) is 7.39. The molecule has 116 valence electrons. The van der Waals surface area contributed by atoms with Crippen LogP contribution in [0, 0.1) is 5.92 Å². The van der Waals surface area contributed by atoms with E-state index in [0.717, 1.165) is 0 Å². The maximum Gasteiger partial charge on any atom is 0.220 e. The van der Waals surface area contributed by atoms with Crippen molar-refractivity contribution < 1.29 is 9.59 Å². The highest BCUT2D eigenvalue weighted by Crippen LogP contribution is 2.22. The van der Waals surface area contributed by atoms with Gasteiger partial charge in [0.05, 0.1) is 0 Å². The van der Waals surface area contributed by atoms with Crippen LogP contribution in [0.5, 0.6) is 0 Å². The van der Waals surface area contributed by atoms with E-state index < -0.39 is 0 Å². The van der Waals surface area contributed by atoms with Crippen LogP contribution in [0.4, 0.5) is 0 Å². The van der Waals surface area contributed by atoms with Crippen molar-refractivity contribution in [3.63, 3.8) is 0 Å². The van der Waals surface area contributed by atoms with E-state index in [0.29, 0.717) is 18.0 Å². The molecular weight excluding hydrogens is 262 g/mol. The maximum absolute atomic E-state index is 12.1. The summed E-state index contributed by atoms with van der Waals surface area (Å²) in [5.41, 5.74) is 1.96. The highest BCUT2D eigenvalue weighted by Gasteiger charge is 2.14. The smallest absolute Gasteiger partial charge is 0.220 e. The summed E-state index contributed by atoms with van der Waals surface area (Å²) in [7, 11) is 0. The molecule has 0 heterocycles. The van der Waals surface area contributed by atoms with Crippen molar-refractivity contribution in [1.29, 1.82) is 0 Å². The molecule has 0 saturated carbocycles. The number of hydrogen-bond donors (Lipinski definition) is 1. The highest BCUT2D eigenvalue weighted by atomic mass is 16.2. The molecule has 1 N–H and O–H groups in total. The van der Waals surface area contributed by atoms with Crippen molar-refractivity contribution in [2.24, 2.45) is 5.92 Å². The first-order valence-corrected chi connectivity index (χ1v) is 7.60. The fourth-order valence-electron chi connectivity index (χ4n) is 1.93. The van der Waals surface area contributed by atoms with Gasteiger partial charge in [0, 0.05) is 24.9 Å². The van der Waals surface area contributed by atoms with E-state index in [2.05, 4.69) is 26.1 Å². The molecule has 0 aliphatic rings. The van der Waals surface area contributed by atoms with Crippen LogP contribution >= 0.6 is 0 Å². The second-order valence-electron chi connectivity index (χ2n) is 6.95. The molecule has 21 heavy (non-hydrogen) atoms. The lowest BCUT2D eigenvalue weighted by molar-refractivity contribution is -0.121. The van der Waals surface area contributed by atoms with Crippen LogP contribution in [0.25, 0.3) is 0 Å². The molecule has 3 nitrogen and oxygen atoms in total. The molecule has 0 aliphatic heterocycles. The second-order valence-corrected chi connectivity index (χ2v) is 6.95. The fraction of sp³-hybridized carbons (Fsp3) is 0.556. The Balaban J connectivity index is 2.51. The number of ketones is 1. The predicted molar refractivity (Wildman–Crippen MR) is 86.6 cm³/mol. The van der Waals surface area contributed by atoms with Gasteiger partial charge in [-0.3, -0.25) is 9.59 Å². The number of hydrogen-bond acceptors (Lipinski definition) is 2. The molecule has 1 amide bonds. The molecule has 0 aromatic heterocycles. The highest BCUT2D eigenvalue weighted by molar-refractivity contribution is 5.97. The summed E-state index contributed by atoms with van der Waals surface area (Å²) in [6, 6.07) is 7.70. The van der Waals surface area contributed by atoms with Crippen molar-refractivity contribution in [3.05, 3.63) is 35.4 Å². The van der Waals surface area contributed by atoms with Crippen LogP contribution < -0.4 is 5.32 Å². The number of nitrogens with one attached hydrogen (secondary N) is 1. The minimum Gasteiger partial charge on any atom is -0.356 e. The number of Topliss-reactive ketones (excluding diaryl/α,β-unsaturated/α-hetero) is 1. The van der Waals surface area contributed by atoms with Crippen LogP contribution in [0.1, 0.15) is 63.4 Å². The summed E-state index contributed by atoms with van der Waals surface area (Å²) < 4.78 is 0. The van der Waals surface area contributed by atoms with Crippen molar-refractivity contribution in [2.45, 2.75) is 52.9 Å². The maximum atomic E-state index is 12.1. The molecule has 1 aromatic carbocycles. The average molecular weight is 289 g/mol. The van der Waals surface area contributed by atoms with Crippen molar-refractivity contribution in [3.8, 4) is 0 Å². The molecule has 0 aliphatic carbocycles. The lowest BCUT2D eigenvalue weighted by atomic mass is 9.86. The lowest BCUT2D eigenvalue weighted by Gasteiger charge is -2.19. The van der Waals surface area contributed by atoms with Crippen molar-refractivity contribution >= 4 is 11.7 Å².